The minimum atomic E-state index is 0.0499. The predicted molar refractivity (Wildman–Crippen MR) is 83.7 cm³/mol. The van der Waals surface area contributed by atoms with E-state index in [4.69, 9.17) is 17.0 Å². The third-order valence-corrected chi connectivity index (χ3v) is 3.30. The number of unbranched alkanes of at least 4 members (excludes halogenated alkanes) is 1. The minimum Gasteiger partial charge on any atom is -0.504 e. The summed E-state index contributed by atoms with van der Waals surface area (Å²) in [7, 11) is 1.50. The van der Waals surface area contributed by atoms with E-state index in [0.717, 1.165) is 25.1 Å². The maximum absolute atomic E-state index is 10.0. The number of aromatic hydroxyl groups is 1. The number of aromatic amines is 1. The highest BCUT2D eigenvalue weighted by atomic mass is 32.1. The van der Waals surface area contributed by atoms with Crippen molar-refractivity contribution < 1.29 is 9.84 Å². The molecule has 0 aliphatic carbocycles. The Kier molecular flexibility index (Phi) is 5.10. The average molecular weight is 306 g/mol. The molecule has 0 amide bonds. The number of H-pyrrole nitrogens is 1. The molecule has 0 saturated heterocycles. The molecule has 112 valence electrons. The van der Waals surface area contributed by atoms with Gasteiger partial charge in [-0.05, 0) is 30.8 Å². The molecule has 1 aromatic heterocycles. The van der Waals surface area contributed by atoms with Crippen molar-refractivity contribution in [1.82, 2.24) is 14.9 Å². The number of para-hydroxylation sites is 1. The Hall–Kier alpha value is -2.15. The predicted octanol–water partition coefficient (Wildman–Crippen LogP) is 2.88. The molecule has 0 radical (unpaired) electrons. The molecule has 6 nitrogen and oxygen atoms in total. The van der Waals surface area contributed by atoms with E-state index in [1.165, 1.54) is 7.11 Å². The standard InChI is InChI=1S/C14H18N4O2S/c1-3-4-8-12-16-17-14(21)18(12)15-9-10-6-5-7-11(20-2)13(10)19/h5-7,9,19H,3-4,8H2,1-2H3,(H,17,21)/b15-9+. The topological polar surface area (TPSA) is 75.4 Å². The van der Waals surface area contributed by atoms with Crippen molar-refractivity contribution >= 4 is 18.4 Å². The molecular weight excluding hydrogens is 288 g/mol. The molecule has 0 spiro atoms. The number of nitrogens with zero attached hydrogens (tertiary/aromatic N) is 3. The van der Waals surface area contributed by atoms with E-state index < -0.39 is 0 Å². The monoisotopic (exact) mass is 306 g/mol. The minimum absolute atomic E-state index is 0.0499. The lowest BCUT2D eigenvalue weighted by Gasteiger charge is -2.05. The number of hydrogen-bond acceptors (Lipinski definition) is 5. The molecule has 0 fully saturated rings. The molecule has 7 heteroatoms. The molecule has 0 aliphatic rings. The van der Waals surface area contributed by atoms with E-state index in [-0.39, 0.29) is 5.75 Å². The number of nitrogens with one attached hydrogen (secondary N) is 1. The highest BCUT2D eigenvalue weighted by Crippen LogP contribution is 2.28. The number of phenolic OH excluding ortho intramolecular Hbond substituents is 1. The Labute approximate surface area is 128 Å². The molecular formula is C14H18N4O2S. The van der Waals surface area contributed by atoms with Gasteiger partial charge in [0.1, 0.15) is 0 Å². The van der Waals surface area contributed by atoms with E-state index in [1.54, 1.807) is 29.1 Å². The van der Waals surface area contributed by atoms with Gasteiger partial charge in [0.05, 0.1) is 13.3 Å². The summed E-state index contributed by atoms with van der Waals surface area (Å²) in [5.74, 6) is 1.23. The van der Waals surface area contributed by atoms with Gasteiger partial charge in [-0.25, -0.2) is 0 Å². The molecule has 0 saturated carbocycles. The van der Waals surface area contributed by atoms with Crippen molar-refractivity contribution in [3.05, 3.63) is 34.4 Å². The fourth-order valence-electron chi connectivity index (χ4n) is 1.87. The van der Waals surface area contributed by atoms with Gasteiger partial charge in [-0.1, -0.05) is 19.4 Å². The molecule has 0 atom stereocenters. The zero-order valence-corrected chi connectivity index (χ0v) is 12.9. The van der Waals surface area contributed by atoms with E-state index in [0.29, 0.717) is 16.1 Å². The second-order valence-corrected chi connectivity index (χ2v) is 4.89. The lowest BCUT2D eigenvalue weighted by molar-refractivity contribution is 0.373. The molecule has 2 N–H and O–H groups in total. The number of aryl methyl sites for hydroxylation is 1. The lowest BCUT2D eigenvalue weighted by Crippen LogP contribution is -1.99. The van der Waals surface area contributed by atoms with Crippen LogP contribution < -0.4 is 4.74 Å². The summed E-state index contributed by atoms with van der Waals surface area (Å²) >= 11 is 5.16. The Morgan fingerprint density at radius 1 is 1.52 bits per heavy atom. The van der Waals surface area contributed by atoms with Crippen LogP contribution in [0.5, 0.6) is 11.5 Å². The second-order valence-electron chi connectivity index (χ2n) is 4.50. The summed E-state index contributed by atoms with van der Waals surface area (Å²) in [5, 5.41) is 21.2. The summed E-state index contributed by atoms with van der Waals surface area (Å²) in [6.45, 7) is 2.11. The molecule has 21 heavy (non-hydrogen) atoms. The van der Waals surface area contributed by atoms with Crippen molar-refractivity contribution in [3.8, 4) is 11.5 Å². The van der Waals surface area contributed by atoms with Crippen molar-refractivity contribution in [3.63, 3.8) is 0 Å². The van der Waals surface area contributed by atoms with Gasteiger partial charge in [0, 0.05) is 12.0 Å². The molecule has 1 aromatic carbocycles. The molecule has 2 aromatic rings. The van der Waals surface area contributed by atoms with Crippen molar-refractivity contribution in [2.24, 2.45) is 5.10 Å². The number of methoxy groups -OCH3 is 1. The third-order valence-electron chi connectivity index (χ3n) is 3.03. The van der Waals surface area contributed by atoms with Gasteiger partial charge in [-0.3, -0.25) is 5.10 Å². The fourth-order valence-corrected chi connectivity index (χ4v) is 2.07. The normalized spacial score (nSPS) is 11.1. The average Bonchev–Trinajstić information content (AvgIpc) is 2.84. The first-order valence-electron chi connectivity index (χ1n) is 6.74. The van der Waals surface area contributed by atoms with Gasteiger partial charge >= 0.3 is 0 Å². The SMILES string of the molecule is CCCCc1n[nH]c(=S)n1/N=C/c1cccc(OC)c1O. The first-order chi connectivity index (χ1) is 10.2. The molecule has 2 rings (SSSR count). The van der Waals surface area contributed by atoms with Crippen molar-refractivity contribution in [2.75, 3.05) is 7.11 Å². The van der Waals surface area contributed by atoms with Crippen LogP contribution in [-0.4, -0.2) is 33.3 Å². The van der Waals surface area contributed by atoms with Crippen LogP contribution in [0.25, 0.3) is 0 Å². The van der Waals surface area contributed by atoms with E-state index in [9.17, 15) is 5.11 Å². The quantitative estimate of drug-likeness (QED) is 0.635. The first kappa shape index (κ1) is 15.2. The van der Waals surface area contributed by atoms with Gasteiger partial charge < -0.3 is 9.84 Å². The number of aromatic nitrogens is 3. The zero-order valence-electron chi connectivity index (χ0n) is 12.0. The maximum atomic E-state index is 10.0. The van der Waals surface area contributed by atoms with Crippen LogP contribution in [0.4, 0.5) is 0 Å². The van der Waals surface area contributed by atoms with Crippen LogP contribution >= 0.6 is 12.2 Å². The van der Waals surface area contributed by atoms with Crippen LogP contribution in [0.15, 0.2) is 23.3 Å². The number of benzene rings is 1. The van der Waals surface area contributed by atoms with Crippen LogP contribution in [0.2, 0.25) is 0 Å². The fraction of sp³-hybridized carbons (Fsp3) is 0.357. The zero-order chi connectivity index (χ0) is 15.2. The van der Waals surface area contributed by atoms with E-state index >= 15 is 0 Å². The summed E-state index contributed by atoms with van der Waals surface area (Å²) in [6.07, 6.45) is 4.42. The largest absolute Gasteiger partial charge is 0.504 e. The van der Waals surface area contributed by atoms with Gasteiger partial charge in [-0.2, -0.15) is 14.9 Å². The molecule has 1 heterocycles. The van der Waals surface area contributed by atoms with Crippen LogP contribution in [-0.2, 0) is 6.42 Å². The Morgan fingerprint density at radius 2 is 2.33 bits per heavy atom. The maximum Gasteiger partial charge on any atom is 0.216 e. The number of rotatable bonds is 6. The first-order valence-corrected chi connectivity index (χ1v) is 7.14. The smallest absolute Gasteiger partial charge is 0.216 e. The summed E-state index contributed by atoms with van der Waals surface area (Å²) < 4.78 is 7.07. The van der Waals surface area contributed by atoms with Gasteiger partial charge in [-0.15, -0.1) is 0 Å². The summed E-state index contributed by atoms with van der Waals surface area (Å²) in [6, 6.07) is 5.21. The number of hydrogen-bond donors (Lipinski definition) is 2. The number of phenols is 1. The van der Waals surface area contributed by atoms with E-state index in [2.05, 4.69) is 22.2 Å². The van der Waals surface area contributed by atoms with Gasteiger partial charge in [0.2, 0.25) is 4.77 Å². The van der Waals surface area contributed by atoms with Crippen molar-refractivity contribution in [1.29, 1.82) is 0 Å². The Balaban J connectivity index is 2.29. The summed E-state index contributed by atoms with van der Waals surface area (Å²) in [4.78, 5) is 0. The third kappa shape index (κ3) is 3.49. The number of ether oxygens (including phenoxy) is 1. The molecule has 0 bridgehead atoms. The lowest BCUT2D eigenvalue weighted by atomic mass is 10.2. The van der Waals surface area contributed by atoms with Gasteiger partial charge in [0.15, 0.2) is 17.3 Å². The van der Waals surface area contributed by atoms with Gasteiger partial charge in [0.25, 0.3) is 0 Å². The highest BCUT2D eigenvalue weighted by Gasteiger charge is 2.07. The highest BCUT2D eigenvalue weighted by molar-refractivity contribution is 7.71. The Morgan fingerprint density at radius 3 is 3.05 bits per heavy atom. The van der Waals surface area contributed by atoms with Crippen LogP contribution in [0.1, 0.15) is 31.2 Å². The second kappa shape index (κ2) is 7.03. The van der Waals surface area contributed by atoms with E-state index in [1.807, 2.05) is 0 Å². The van der Waals surface area contributed by atoms with Crippen LogP contribution in [0.3, 0.4) is 0 Å². The molecule has 0 unspecified atom stereocenters. The Bertz CT molecular complexity index is 691. The summed E-state index contributed by atoms with van der Waals surface area (Å²) in [5.41, 5.74) is 0.555. The van der Waals surface area contributed by atoms with Crippen LogP contribution in [0, 0.1) is 4.77 Å². The molecule has 0 aliphatic heterocycles. The van der Waals surface area contributed by atoms with Crippen molar-refractivity contribution in [2.45, 2.75) is 26.2 Å².